The molecule has 0 aliphatic heterocycles. The Balaban J connectivity index is 2.19. The van der Waals surface area contributed by atoms with Gasteiger partial charge in [0, 0.05) is 13.1 Å². The van der Waals surface area contributed by atoms with E-state index >= 15 is 0 Å². The van der Waals surface area contributed by atoms with E-state index in [0.29, 0.717) is 11.6 Å². The number of aryl methyl sites for hydroxylation is 1. The third kappa shape index (κ3) is 2.82. The summed E-state index contributed by atoms with van der Waals surface area (Å²) in [4.78, 5) is 19.2. The molecule has 1 aromatic carbocycles. The average Bonchev–Trinajstić information content (AvgIpc) is 2.41. The maximum absolute atomic E-state index is 11.4. The minimum absolute atomic E-state index is 0.272. The summed E-state index contributed by atoms with van der Waals surface area (Å²) in [6, 6.07) is 9.07. The molecule has 0 radical (unpaired) electrons. The maximum atomic E-state index is 11.4. The molecule has 92 valence electrons. The number of carbonyl (C=O) groups excluding carboxylic acids is 1. The van der Waals surface area contributed by atoms with Gasteiger partial charge in [-0.15, -0.1) is 0 Å². The summed E-state index contributed by atoms with van der Waals surface area (Å²) in [6.45, 7) is 2.00. The van der Waals surface area contributed by atoms with Gasteiger partial charge in [0.1, 0.15) is 17.8 Å². The number of hydrogen-bond donors (Lipinski definition) is 1. The lowest BCUT2D eigenvalue weighted by molar-refractivity contribution is 0.0957. The zero-order chi connectivity index (χ0) is 13.0. The maximum Gasteiger partial charge on any atom is 0.269 e. The highest BCUT2D eigenvalue weighted by atomic mass is 16.5. The van der Waals surface area contributed by atoms with Crippen LogP contribution in [0.4, 0.5) is 0 Å². The molecule has 0 unspecified atom stereocenters. The molecule has 0 bridgehead atoms. The molecule has 0 saturated heterocycles. The van der Waals surface area contributed by atoms with Gasteiger partial charge in [0.15, 0.2) is 0 Å². The van der Waals surface area contributed by atoms with Gasteiger partial charge < -0.3 is 10.1 Å². The van der Waals surface area contributed by atoms with Gasteiger partial charge in [0.05, 0.1) is 0 Å². The van der Waals surface area contributed by atoms with Crippen LogP contribution in [-0.2, 0) is 0 Å². The van der Waals surface area contributed by atoms with Crippen LogP contribution in [0, 0.1) is 6.92 Å². The van der Waals surface area contributed by atoms with Crippen LogP contribution in [0.5, 0.6) is 11.6 Å². The first-order chi connectivity index (χ1) is 8.69. The van der Waals surface area contributed by atoms with Crippen molar-refractivity contribution in [1.82, 2.24) is 15.3 Å². The number of amides is 1. The standard InChI is InChI=1S/C13H13N3O2/c1-9-3-5-10(6-4-9)18-12-7-11(13(17)14-2)15-8-16-12/h3-8H,1-2H3,(H,14,17). The summed E-state index contributed by atoms with van der Waals surface area (Å²) in [5.41, 5.74) is 1.42. The number of rotatable bonds is 3. The molecule has 2 aromatic rings. The van der Waals surface area contributed by atoms with E-state index in [4.69, 9.17) is 4.74 Å². The topological polar surface area (TPSA) is 64.1 Å². The molecule has 1 amide bonds. The lowest BCUT2D eigenvalue weighted by Crippen LogP contribution is -2.19. The van der Waals surface area contributed by atoms with E-state index in [0.717, 1.165) is 5.56 Å². The quantitative estimate of drug-likeness (QED) is 0.894. The van der Waals surface area contributed by atoms with E-state index in [1.54, 1.807) is 7.05 Å². The predicted octanol–water partition coefficient (Wildman–Crippen LogP) is 1.94. The molecular weight excluding hydrogens is 230 g/mol. The Morgan fingerprint density at radius 1 is 1.22 bits per heavy atom. The molecule has 2 rings (SSSR count). The van der Waals surface area contributed by atoms with Crippen molar-refractivity contribution in [3.05, 3.63) is 47.9 Å². The fraction of sp³-hybridized carbons (Fsp3) is 0.154. The summed E-state index contributed by atoms with van der Waals surface area (Å²) >= 11 is 0. The zero-order valence-electron chi connectivity index (χ0n) is 10.2. The highest BCUT2D eigenvalue weighted by Gasteiger charge is 2.07. The lowest BCUT2D eigenvalue weighted by Gasteiger charge is -2.05. The van der Waals surface area contributed by atoms with E-state index in [9.17, 15) is 4.79 Å². The van der Waals surface area contributed by atoms with E-state index in [2.05, 4.69) is 15.3 Å². The smallest absolute Gasteiger partial charge is 0.269 e. The largest absolute Gasteiger partial charge is 0.439 e. The minimum atomic E-state index is -0.272. The van der Waals surface area contributed by atoms with Crippen LogP contribution in [0.15, 0.2) is 36.7 Å². The van der Waals surface area contributed by atoms with Crippen LogP contribution < -0.4 is 10.1 Å². The second-order valence-electron chi connectivity index (χ2n) is 3.74. The highest BCUT2D eigenvalue weighted by Crippen LogP contribution is 2.19. The fourth-order valence-corrected chi connectivity index (χ4v) is 1.37. The first kappa shape index (κ1) is 12.0. The van der Waals surface area contributed by atoms with Crippen molar-refractivity contribution in [3.8, 4) is 11.6 Å². The number of carbonyl (C=O) groups is 1. The molecule has 0 saturated carbocycles. The first-order valence-corrected chi connectivity index (χ1v) is 5.47. The summed E-state index contributed by atoms with van der Waals surface area (Å²) in [5.74, 6) is 0.737. The number of nitrogens with one attached hydrogen (secondary N) is 1. The lowest BCUT2D eigenvalue weighted by atomic mass is 10.2. The second kappa shape index (κ2) is 5.27. The van der Waals surface area contributed by atoms with Gasteiger partial charge in [-0.2, -0.15) is 0 Å². The van der Waals surface area contributed by atoms with Crippen LogP contribution in [0.3, 0.4) is 0 Å². The Bertz CT molecular complexity index is 552. The monoisotopic (exact) mass is 243 g/mol. The van der Waals surface area contributed by atoms with Crippen molar-refractivity contribution >= 4 is 5.91 Å². The second-order valence-corrected chi connectivity index (χ2v) is 3.74. The van der Waals surface area contributed by atoms with Gasteiger partial charge in [-0.1, -0.05) is 17.7 Å². The zero-order valence-corrected chi connectivity index (χ0v) is 10.2. The molecule has 1 N–H and O–H groups in total. The van der Waals surface area contributed by atoms with Crippen molar-refractivity contribution in [2.45, 2.75) is 6.92 Å². The predicted molar refractivity (Wildman–Crippen MR) is 66.7 cm³/mol. The number of benzene rings is 1. The Hall–Kier alpha value is -2.43. The molecular formula is C13H13N3O2. The third-order valence-corrected chi connectivity index (χ3v) is 2.35. The molecule has 0 atom stereocenters. The number of hydrogen-bond acceptors (Lipinski definition) is 4. The SMILES string of the molecule is CNC(=O)c1cc(Oc2ccc(C)cc2)ncn1. The third-order valence-electron chi connectivity index (χ3n) is 2.35. The van der Waals surface area contributed by atoms with E-state index in [-0.39, 0.29) is 11.6 Å². The van der Waals surface area contributed by atoms with Crippen LogP contribution in [0.2, 0.25) is 0 Å². The molecule has 0 spiro atoms. The van der Waals surface area contributed by atoms with Gasteiger partial charge in [-0.25, -0.2) is 9.97 Å². The van der Waals surface area contributed by atoms with Gasteiger partial charge in [-0.3, -0.25) is 4.79 Å². The Morgan fingerprint density at radius 2 is 1.94 bits per heavy atom. The summed E-state index contributed by atoms with van der Waals surface area (Å²) in [6.07, 6.45) is 1.30. The van der Waals surface area contributed by atoms with Crippen LogP contribution in [0.1, 0.15) is 16.1 Å². The molecule has 1 heterocycles. The van der Waals surface area contributed by atoms with Crippen LogP contribution >= 0.6 is 0 Å². The first-order valence-electron chi connectivity index (χ1n) is 5.47. The van der Waals surface area contributed by atoms with Crippen molar-refractivity contribution < 1.29 is 9.53 Å². The van der Waals surface area contributed by atoms with Gasteiger partial charge in [-0.05, 0) is 19.1 Å². The van der Waals surface area contributed by atoms with E-state index in [1.165, 1.54) is 12.4 Å². The van der Waals surface area contributed by atoms with Crippen molar-refractivity contribution in [3.63, 3.8) is 0 Å². The number of ether oxygens (including phenoxy) is 1. The van der Waals surface area contributed by atoms with Gasteiger partial charge in [0.25, 0.3) is 5.91 Å². The number of nitrogens with zero attached hydrogens (tertiary/aromatic N) is 2. The normalized spacial score (nSPS) is 9.89. The van der Waals surface area contributed by atoms with Crippen LogP contribution in [0.25, 0.3) is 0 Å². The summed E-state index contributed by atoms with van der Waals surface area (Å²) in [5, 5.41) is 2.50. The van der Waals surface area contributed by atoms with Crippen molar-refractivity contribution in [2.24, 2.45) is 0 Å². The van der Waals surface area contributed by atoms with Crippen molar-refractivity contribution in [1.29, 1.82) is 0 Å². The van der Waals surface area contributed by atoms with Gasteiger partial charge >= 0.3 is 0 Å². The Labute approximate surface area is 105 Å². The number of aromatic nitrogens is 2. The Kier molecular flexibility index (Phi) is 3.52. The fourth-order valence-electron chi connectivity index (χ4n) is 1.37. The Morgan fingerprint density at radius 3 is 2.61 bits per heavy atom. The molecule has 0 aliphatic rings. The summed E-state index contributed by atoms with van der Waals surface area (Å²) in [7, 11) is 1.55. The molecule has 18 heavy (non-hydrogen) atoms. The molecule has 0 fully saturated rings. The highest BCUT2D eigenvalue weighted by molar-refractivity contribution is 5.92. The van der Waals surface area contributed by atoms with Crippen LogP contribution in [-0.4, -0.2) is 22.9 Å². The van der Waals surface area contributed by atoms with Gasteiger partial charge in [0.2, 0.25) is 5.88 Å². The molecule has 1 aromatic heterocycles. The van der Waals surface area contributed by atoms with Crippen molar-refractivity contribution in [2.75, 3.05) is 7.05 Å². The molecule has 5 nitrogen and oxygen atoms in total. The molecule has 5 heteroatoms. The minimum Gasteiger partial charge on any atom is -0.439 e. The summed E-state index contributed by atoms with van der Waals surface area (Å²) < 4.78 is 5.54. The average molecular weight is 243 g/mol. The van der Waals surface area contributed by atoms with E-state index in [1.807, 2.05) is 31.2 Å². The molecule has 0 aliphatic carbocycles. The van der Waals surface area contributed by atoms with E-state index < -0.39 is 0 Å².